The maximum atomic E-state index is 11.2. The number of hydrogen-bond donors (Lipinski definition) is 3. The van der Waals surface area contributed by atoms with Crippen LogP contribution in [0.2, 0.25) is 0 Å². The largest absolute Gasteiger partial charge is 0.475 e. The van der Waals surface area contributed by atoms with Crippen LogP contribution in [0.3, 0.4) is 0 Å². The van der Waals surface area contributed by atoms with Crippen molar-refractivity contribution in [2.75, 3.05) is 5.32 Å². The summed E-state index contributed by atoms with van der Waals surface area (Å²) in [6, 6.07) is 10.0. The third kappa shape index (κ3) is 3.92. The van der Waals surface area contributed by atoms with E-state index < -0.39 is 5.97 Å². The summed E-state index contributed by atoms with van der Waals surface area (Å²) in [5, 5.41) is 14.5. The highest BCUT2D eigenvalue weighted by molar-refractivity contribution is 7.80. The Balaban J connectivity index is 2.05. The molecule has 1 aromatic heterocycles. The van der Waals surface area contributed by atoms with Crippen LogP contribution < -0.4 is 10.6 Å². The molecule has 6 nitrogen and oxygen atoms in total. The van der Waals surface area contributed by atoms with Gasteiger partial charge in [0, 0.05) is 17.7 Å². The molecular weight excluding hydrogens is 304 g/mol. The number of amides is 1. The van der Waals surface area contributed by atoms with Gasteiger partial charge in [-0.05, 0) is 48.6 Å². The first-order valence-corrected chi connectivity index (χ1v) is 6.95. The number of carbonyl (C=O) groups is 2. The number of nitrogens with one attached hydrogen (secondary N) is 2. The molecule has 0 aliphatic rings. The number of carbonyl (C=O) groups excluding carboxylic acids is 1. The molecule has 2 rings (SSSR count). The molecule has 7 heteroatoms. The standard InChI is InChI=1S/C15H14N2O4S/c1-2-13(18)17-15(22)16-10-5-3-9(4-6-10)11-7-8-12(21-11)14(19)20/h3-8H,2H2,1H3,(H,19,20)(H2,16,17,18,22). The lowest BCUT2D eigenvalue weighted by atomic mass is 10.1. The molecule has 0 aliphatic heterocycles. The summed E-state index contributed by atoms with van der Waals surface area (Å²) >= 11 is 5.01. The lowest BCUT2D eigenvalue weighted by Gasteiger charge is -2.09. The number of furan rings is 1. The van der Waals surface area contributed by atoms with E-state index in [-0.39, 0.29) is 16.8 Å². The normalized spacial score (nSPS) is 10.0. The number of hydrogen-bond acceptors (Lipinski definition) is 4. The fourth-order valence-corrected chi connectivity index (χ4v) is 1.93. The van der Waals surface area contributed by atoms with Crippen LogP contribution in [0.4, 0.5) is 5.69 Å². The van der Waals surface area contributed by atoms with E-state index in [0.29, 0.717) is 17.9 Å². The van der Waals surface area contributed by atoms with Crippen LogP contribution in [-0.4, -0.2) is 22.1 Å². The molecule has 0 radical (unpaired) electrons. The third-order valence-corrected chi connectivity index (χ3v) is 3.02. The highest BCUT2D eigenvalue weighted by Gasteiger charge is 2.10. The fourth-order valence-electron chi connectivity index (χ4n) is 1.70. The minimum Gasteiger partial charge on any atom is -0.475 e. The maximum absolute atomic E-state index is 11.2. The topological polar surface area (TPSA) is 91.6 Å². The van der Waals surface area contributed by atoms with Gasteiger partial charge in [0.05, 0.1) is 0 Å². The van der Waals surface area contributed by atoms with E-state index in [1.54, 1.807) is 37.3 Å². The van der Waals surface area contributed by atoms with E-state index in [1.165, 1.54) is 6.07 Å². The highest BCUT2D eigenvalue weighted by atomic mass is 32.1. The van der Waals surface area contributed by atoms with Crippen molar-refractivity contribution in [2.45, 2.75) is 13.3 Å². The zero-order valence-electron chi connectivity index (χ0n) is 11.8. The van der Waals surface area contributed by atoms with Crippen molar-refractivity contribution in [1.82, 2.24) is 5.32 Å². The Kier molecular flexibility index (Phi) is 4.90. The van der Waals surface area contributed by atoms with E-state index in [9.17, 15) is 9.59 Å². The third-order valence-electron chi connectivity index (χ3n) is 2.82. The average Bonchev–Trinajstić information content (AvgIpc) is 2.97. The first kappa shape index (κ1) is 15.7. The average molecular weight is 318 g/mol. The second-order valence-electron chi connectivity index (χ2n) is 4.40. The smallest absolute Gasteiger partial charge is 0.371 e. The van der Waals surface area contributed by atoms with E-state index in [4.69, 9.17) is 21.7 Å². The zero-order chi connectivity index (χ0) is 16.1. The van der Waals surface area contributed by atoms with Crippen LogP contribution in [0.25, 0.3) is 11.3 Å². The molecule has 0 saturated carbocycles. The van der Waals surface area contributed by atoms with Crippen molar-refractivity contribution in [3.05, 3.63) is 42.2 Å². The Morgan fingerprint density at radius 2 is 1.86 bits per heavy atom. The van der Waals surface area contributed by atoms with E-state index in [0.717, 1.165) is 5.56 Å². The number of thiocarbonyl (C=S) groups is 1. The Morgan fingerprint density at radius 3 is 2.41 bits per heavy atom. The summed E-state index contributed by atoms with van der Waals surface area (Å²) in [7, 11) is 0. The van der Waals surface area contributed by atoms with Gasteiger partial charge >= 0.3 is 5.97 Å². The summed E-state index contributed by atoms with van der Waals surface area (Å²) in [5.41, 5.74) is 1.44. The highest BCUT2D eigenvalue weighted by Crippen LogP contribution is 2.23. The molecule has 3 N–H and O–H groups in total. The summed E-state index contributed by atoms with van der Waals surface area (Å²) in [5.74, 6) is -0.918. The number of rotatable bonds is 4. The minimum atomic E-state index is -1.11. The second-order valence-corrected chi connectivity index (χ2v) is 4.81. The van der Waals surface area contributed by atoms with Crippen LogP contribution >= 0.6 is 12.2 Å². The van der Waals surface area contributed by atoms with Gasteiger partial charge in [0.25, 0.3) is 0 Å². The van der Waals surface area contributed by atoms with Crippen molar-refractivity contribution in [3.8, 4) is 11.3 Å². The number of anilines is 1. The van der Waals surface area contributed by atoms with E-state index in [2.05, 4.69) is 10.6 Å². The molecule has 0 atom stereocenters. The molecule has 1 heterocycles. The van der Waals surface area contributed by atoms with Crippen molar-refractivity contribution in [3.63, 3.8) is 0 Å². The lowest BCUT2D eigenvalue weighted by molar-refractivity contribution is -0.119. The van der Waals surface area contributed by atoms with Crippen molar-refractivity contribution in [2.24, 2.45) is 0 Å². The van der Waals surface area contributed by atoms with Crippen LogP contribution in [0.1, 0.15) is 23.9 Å². The first-order valence-electron chi connectivity index (χ1n) is 6.54. The van der Waals surface area contributed by atoms with Crippen molar-refractivity contribution < 1.29 is 19.1 Å². The van der Waals surface area contributed by atoms with Crippen LogP contribution in [0, 0.1) is 0 Å². The molecule has 0 fully saturated rings. The Labute approximate surface area is 132 Å². The molecule has 0 aliphatic carbocycles. The molecule has 0 spiro atoms. The van der Waals surface area contributed by atoms with Crippen molar-refractivity contribution >= 4 is 34.9 Å². The van der Waals surface area contributed by atoms with Crippen molar-refractivity contribution in [1.29, 1.82) is 0 Å². The number of carboxylic acid groups (broad SMARTS) is 1. The van der Waals surface area contributed by atoms with Gasteiger partial charge in [-0.15, -0.1) is 0 Å². The van der Waals surface area contributed by atoms with Gasteiger partial charge in [-0.1, -0.05) is 6.92 Å². The predicted octanol–water partition coefficient (Wildman–Crippen LogP) is 2.87. The molecule has 114 valence electrons. The molecule has 0 saturated heterocycles. The van der Waals surface area contributed by atoms with Gasteiger partial charge in [0.2, 0.25) is 11.7 Å². The Morgan fingerprint density at radius 1 is 1.18 bits per heavy atom. The molecule has 2 aromatic rings. The summed E-state index contributed by atoms with van der Waals surface area (Å²) in [6.07, 6.45) is 0.352. The van der Waals surface area contributed by atoms with Crippen LogP contribution in [0.5, 0.6) is 0 Å². The Bertz CT molecular complexity index is 707. The van der Waals surface area contributed by atoms with E-state index in [1.807, 2.05) is 0 Å². The van der Waals surface area contributed by atoms with Gasteiger partial charge < -0.3 is 20.2 Å². The molecule has 0 unspecified atom stereocenters. The van der Waals surface area contributed by atoms with Gasteiger partial charge in [-0.3, -0.25) is 4.79 Å². The number of aromatic carboxylic acids is 1. The molecule has 1 amide bonds. The van der Waals surface area contributed by atoms with Gasteiger partial charge in [-0.2, -0.15) is 0 Å². The molecule has 0 bridgehead atoms. The molecular formula is C15H14N2O4S. The van der Waals surface area contributed by atoms with Crippen LogP contribution in [0.15, 0.2) is 40.8 Å². The van der Waals surface area contributed by atoms with Crippen LogP contribution in [-0.2, 0) is 4.79 Å². The second kappa shape index (κ2) is 6.86. The monoisotopic (exact) mass is 318 g/mol. The molecule has 22 heavy (non-hydrogen) atoms. The van der Waals surface area contributed by atoms with Gasteiger partial charge in [-0.25, -0.2) is 4.79 Å². The predicted molar refractivity (Wildman–Crippen MR) is 85.8 cm³/mol. The number of carboxylic acids is 1. The quantitative estimate of drug-likeness (QED) is 0.751. The van der Waals surface area contributed by atoms with E-state index >= 15 is 0 Å². The lowest BCUT2D eigenvalue weighted by Crippen LogP contribution is -2.33. The fraction of sp³-hybridized carbons (Fsp3) is 0.133. The van der Waals surface area contributed by atoms with Gasteiger partial charge in [0.15, 0.2) is 5.11 Å². The number of benzene rings is 1. The molecule has 1 aromatic carbocycles. The maximum Gasteiger partial charge on any atom is 0.371 e. The Hall–Kier alpha value is -2.67. The SMILES string of the molecule is CCC(=O)NC(=S)Nc1ccc(-c2ccc(C(=O)O)o2)cc1. The first-order chi connectivity index (χ1) is 10.5. The summed E-state index contributed by atoms with van der Waals surface area (Å²) < 4.78 is 5.22. The minimum absolute atomic E-state index is 0.111. The zero-order valence-corrected chi connectivity index (χ0v) is 12.6. The summed E-state index contributed by atoms with van der Waals surface area (Å²) in [4.78, 5) is 22.0. The van der Waals surface area contributed by atoms with Gasteiger partial charge in [0.1, 0.15) is 5.76 Å². The summed E-state index contributed by atoms with van der Waals surface area (Å²) in [6.45, 7) is 1.74.